The zero-order chi connectivity index (χ0) is 10.7. The molecule has 1 aromatic carbocycles. The predicted molar refractivity (Wildman–Crippen MR) is 62.4 cm³/mol. The summed E-state index contributed by atoms with van der Waals surface area (Å²) < 4.78 is 4.84. The van der Waals surface area contributed by atoms with E-state index in [9.17, 15) is 0 Å². The van der Waals surface area contributed by atoms with Gasteiger partial charge in [0.25, 0.3) is 0 Å². The Kier molecular flexibility index (Phi) is 3.23. The van der Waals surface area contributed by atoms with Crippen molar-refractivity contribution in [3.63, 3.8) is 0 Å². The van der Waals surface area contributed by atoms with Crippen LogP contribution in [0.25, 0.3) is 0 Å². The summed E-state index contributed by atoms with van der Waals surface area (Å²) in [5.74, 6) is 1.51. The minimum atomic E-state index is 0.259. The average molecular weight is 238 g/mol. The van der Waals surface area contributed by atoms with E-state index in [1.807, 2.05) is 0 Å². The summed E-state index contributed by atoms with van der Waals surface area (Å²) in [4.78, 5) is 5.48. The molecule has 0 atom stereocenters. The number of rotatable bonds is 3. The molecule has 0 saturated carbocycles. The van der Waals surface area contributed by atoms with Crippen molar-refractivity contribution in [3.8, 4) is 0 Å². The van der Waals surface area contributed by atoms with Crippen LogP contribution in [0.3, 0.4) is 0 Å². The summed E-state index contributed by atoms with van der Waals surface area (Å²) in [6.45, 7) is 2.07. The Morgan fingerprint density at radius 1 is 1.40 bits per heavy atom. The van der Waals surface area contributed by atoms with Gasteiger partial charge in [-0.2, -0.15) is 4.98 Å². The fraction of sp³-hybridized carbons (Fsp3) is 0.200. The molecule has 0 amide bonds. The summed E-state index contributed by atoms with van der Waals surface area (Å²) in [5, 5.41) is 2.68. The first kappa shape index (κ1) is 10.4. The van der Waals surface area contributed by atoms with E-state index in [-0.39, 0.29) is 4.84 Å². The molecular weight excluding hydrogens is 228 g/mol. The van der Waals surface area contributed by atoms with E-state index in [4.69, 9.17) is 16.7 Å². The second-order valence-corrected chi connectivity index (χ2v) is 4.53. The summed E-state index contributed by atoms with van der Waals surface area (Å²) in [7, 11) is 0. The van der Waals surface area contributed by atoms with E-state index in [0.29, 0.717) is 0 Å². The number of aromatic nitrogens is 2. The monoisotopic (exact) mass is 238 g/mol. The maximum atomic E-state index is 4.84. The van der Waals surface area contributed by atoms with Crippen molar-refractivity contribution in [1.82, 2.24) is 10.1 Å². The lowest BCUT2D eigenvalue weighted by molar-refractivity contribution is 0.400. The normalized spacial score (nSPS) is 10.5. The van der Waals surface area contributed by atoms with Crippen LogP contribution >= 0.6 is 24.0 Å². The third-order valence-electron chi connectivity index (χ3n) is 1.88. The number of thioether (sulfide) groups is 1. The highest BCUT2D eigenvalue weighted by Gasteiger charge is 1.99. The van der Waals surface area contributed by atoms with Crippen LogP contribution in [0.4, 0.5) is 0 Å². The molecule has 1 aromatic heterocycles. The Morgan fingerprint density at radius 3 is 2.73 bits per heavy atom. The van der Waals surface area contributed by atoms with Gasteiger partial charge in [0, 0.05) is 4.90 Å². The van der Waals surface area contributed by atoms with Gasteiger partial charge in [-0.05, 0) is 31.3 Å². The molecule has 0 aliphatic rings. The smallest absolute Gasteiger partial charge is 0.314 e. The van der Waals surface area contributed by atoms with Crippen LogP contribution in [0, 0.1) is 11.8 Å². The van der Waals surface area contributed by atoms with E-state index in [2.05, 4.69) is 41.3 Å². The summed E-state index contributed by atoms with van der Waals surface area (Å²) in [6.07, 6.45) is 0. The number of aryl methyl sites for hydroxylation is 1. The fourth-order valence-electron chi connectivity index (χ4n) is 1.11. The zero-order valence-electron chi connectivity index (χ0n) is 8.19. The first-order valence-electron chi connectivity index (χ1n) is 4.48. The molecule has 1 N–H and O–H groups in total. The number of nitrogens with one attached hydrogen (secondary N) is 1. The van der Waals surface area contributed by atoms with Crippen LogP contribution in [0.5, 0.6) is 0 Å². The van der Waals surface area contributed by atoms with Gasteiger partial charge in [-0.3, -0.25) is 0 Å². The molecular formula is C10H10N2OS2. The number of H-pyrrole nitrogens is 1. The molecule has 0 fully saturated rings. The standard InChI is InChI=1S/C10H10N2OS2/c1-7-2-4-8(5-3-7)15-6-9-11-10(14)13-12-9/h2-5H,6H2,1H3,(H,11,12,14). The Balaban J connectivity index is 1.99. The molecule has 15 heavy (non-hydrogen) atoms. The van der Waals surface area contributed by atoms with Gasteiger partial charge in [-0.15, -0.1) is 11.8 Å². The third kappa shape index (κ3) is 2.94. The molecule has 0 aliphatic carbocycles. The Morgan fingerprint density at radius 2 is 2.13 bits per heavy atom. The first-order valence-corrected chi connectivity index (χ1v) is 5.87. The maximum Gasteiger partial charge on any atom is 0.314 e. The Hall–Kier alpha value is -1.07. The van der Waals surface area contributed by atoms with Gasteiger partial charge in [0.15, 0.2) is 5.82 Å². The van der Waals surface area contributed by atoms with Crippen molar-refractivity contribution in [3.05, 3.63) is 40.5 Å². The number of nitrogens with zero attached hydrogens (tertiary/aromatic N) is 1. The van der Waals surface area contributed by atoms with Gasteiger partial charge in [0.2, 0.25) is 0 Å². The van der Waals surface area contributed by atoms with Crippen LogP contribution in [0.15, 0.2) is 33.7 Å². The highest BCUT2D eigenvalue weighted by molar-refractivity contribution is 7.98. The molecule has 5 heteroatoms. The quantitative estimate of drug-likeness (QED) is 0.658. The number of benzene rings is 1. The molecule has 0 unspecified atom stereocenters. The highest BCUT2D eigenvalue weighted by Crippen LogP contribution is 2.21. The van der Waals surface area contributed by atoms with Crippen molar-refractivity contribution in [2.75, 3.05) is 0 Å². The van der Waals surface area contributed by atoms with E-state index in [1.165, 1.54) is 10.5 Å². The number of hydrogen-bond donors (Lipinski definition) is 1. The van der Waals surface area contributed by atoms with Crippen LogP contribution in [0.2, 0.25) is 0 Å². The molecule has 2 rings (SSSR count). The van der Waals surface area contributed by atoms with Crippen LogP contribution in [0.1, 0.15) is 11.4 Å². The largest absolute Gasteiger partial charge is 0.348 e. The van der Waals surface area contributed by atoms with Gasteiger partial charge >= 0.3 is 4.84 Å². The van der Waals surface area contributed by atoms with Gasteiger partial charge in [0.1, 0.15) is 0 Å². The second kappa shape index (κ2) is 4.63. The fourth-order valence-corrected chi connectivity index (χ4v) is 2.01. The number of aromatic amines is 1. The molecule has 0 bridgehead atoms. The number of hydrogen-bond acceptors (Lipinski definition) is 4. The molecule has 0 saturated heterocycles. The molecule has 2 aromatic rings. The van der Waals surface area contributed by atoms with Crippen LogP contribution in [-0.4, -0.2) is 10.1 Å². The lowest BCUT2D eigenvalue weighted by atomic mass is 10.2. The zero-order valence-corrected chi connectivity index (χ0v) is 9.82. The second-order valence-electron chi connectivity index (χ2n) is 3.13. The van der Waals surface area contributed by atoms with Gasteiger partial charge in [0.05, 0.1) is 5.75 Å². The predicted octanol–water partition coefficient (Wildman–Crippen LogP) is 3.33. The highest BCUT2D eigenvalue weighted by atomic mass is 32.2. The molecule has 1 heterocycles. The molecule has 0 spiro atoms. The Labute approximate surface area is 96.9 Å². The summed E-state index contributed by atoms with van der Waals surface area (Å²) >= 11 is 6.46. The van der Waals surface area contributed by atoms with Crippen LogP contribution in [-0.2, 0) is 5.75 Å². The van der Waals surface area contributed by atoms with E-state index >= 15 is 0 Å². The van der Waals surface area contributed by atoms with Gasteiger partial charge in [-0.25, -0.2) is 5.16 Å². The van der Waals surface area contributed by atoms with Crippen molar-refractivity contribution < 1.29 is 4.52 Å². The lowest BCUT2D eigenvalue weighted by Gasteiger charge is -1.98. The minimum absolute atomic E-state index is 0.259. The third-order valence-corrected chi connectivity index (χ3v) is 3.08. The van der Waals surface area contributed by atoms with E-state index in [0.717, 1.165) is 11.6 Å². The van der Waals surface area contributed by atoms with Gasteiger partial charge < -0.3 is 4.52 Å². The van der Waals surface area contributed by atoms with Crippen LogP contribution < -0.4 is 0 Å². The van der Waals surface area contributed by atoms with Crippen molar-refractivity contribution in [2.45, 2.75) is 17.6 Å². The van der Waals surface area contributed by atoms with Gasteiger partial charge in [-0.1, -0.05) is 17.7 Å². The summed E-state index contributed by atoms with van der Waals surface area (Å²) in [5.41, 5.74) is 1.26. The van der Waals surface area contributed by atoms with Crippen molar-refractivity contribution in [2.24, 2.45) is 0 Å². The molecule has 78 valence electrons. The minimum Gasteiger partial charge on any atom is -0.348 e. The van der Waals surface area contributed by atoms with Crippen molar-refractivity contribution >= 4 is 24.0 Å². The van der Waals surface area contributed by atoms with E-state index in [1.54, 1.807) is 11.8 Å². The molecule has 0 aliphatic heterocycles. The molecule has 3 nitrogen and oxygen atoms in total. The average Bonchev–Trinajstić information content (AvgIpc) is 2.64. The maximum absolute atomic E-state index is 4.84. The SMILES string of the molecule is Cc1ccc(SCc2nc(=S)o[nH]2)cc1. The van der Waals surface area contributed by atoms with Crippen molar-refractivity contribution in [1.29, 1.82) is 0 Å². The summed E-state index contributed by atoms with van der Waals surface area (Å²) in [6, 6.07) is 8.37. The topological polar surface area (TPSA) is 41.8 Å². The molecule has 0 radical (unpaired) electrons. The lowest BCUT2D eigenvalue weighted by Crippen LogP contribution is -1.83. The first-order chi connectivity index (χ1) is 7.24. The van der Waals surface area contributed by atoms with E-state index < -0.39 is 0 Å². The Bertz CT molecular complexity index is 487.